The number of nitrogens with zero attached hydrogens (tertiary/aromatic N) is 1. The Morgan fingerprint density at radius 2 is 2.07 bits per heavy atom. The number of benzene rings is 2. The fourth-order valence-electron chi connectivity index (χ4n) is 2.83. The van der Waals surface area contributed by atoms with Gasteiger partial charge in [0.1, 0.15) is 15.8 Å². The van der Waals surface area contributed by atoms with Gasteiger partial charge in [-0.2, -0.15) is 0 Å². The number of aromatic hydroxyl groups is 1. The summed E-state index contributed by atoms with van der Waals surface area (Å²) >= 11 is 6.49. The van der Waals surface area contributed by atoms with Crippen LogP contribution in [0, 0.1) is 0 Å². The molecule has 1 heterocycles. The van der Waals surface area contributed by atoms with Crippen LogP contribution < -0.4 is 10.1 Å². The van der Waals surface area contributed by atoms with Gasteiger partial charge in [0.15, 0.2) is 0 Å². The number of amides is 2. The Bertz CT molecular complexity index is 1020. The van der Waals surface area contributed by atoms with E-state index < -0.39 is 0 Å². The number of thiocarbonyl (C=S) groups is 1. The molecule has 0 radical (unpaired) electrons. The van der Waals surface area contributed by atoms with E-state index in [9.17, 15) is 14.7 Å². The molecule has 3 N–H and O–H groups in total. The number of aliphatic hydroxyl groups is 1. The summed E-state index contributed by atoms with van der Waals surface area (Å²) < 4.78 is 5.69. The highest BCUT2D eigenvalue weighted by Crippen LogP contribution is 2.34. The van der Waals surface area contributed by atoms with Crippen molar-refractivity contribution in [3.63, 3.8) is 0 Å². The minimum atomic E-state index is -0.325. The summed E-state index contributed by atoms with van der Waals surface area (Å²) in [6.45, 7) is -0.155. The summed E-state index contributed by atoms with van der Waals surface area (Å²) in [4.78, 5) is 26.8. The van der Waals surface area contributed by atoms with Gasteiger partial charge in [-0.15, -0.1) is 0 Å². The molecule has 1 aliphatic heterocycles. The first-order chi connectivity index (χ1) is 14.4. The van der Waals surface area contributed by atoms with E-state index in [4.69, 9.17) is 22.1 Å². The van der Waals surface area contributed by atoms with Crippen LogP contribution in [-0.4, -0.2) is 44.9 Å². The Morgan fingerprint density at radius 1 is 1.30 bits per heavy atom. The lowest BCUT2D eigenvalue weighted by Crippen LogP contribution is -2.31. The number of hydrogen-bond donors (Lipinski definition) is 3. The standard InChI is InChI=1S/C21H20N2O5S2/c1-28-17-5-3-2-4-13(17)10-18-20(27)23(21(29)30-18)9-8-19(26)22-15-7-6-14(12-24)16(25)11-15/h2-7,10-11,24-25H,8-9,12H2,1H3,(H,22,26)/b18-10-. The summed E-state index contributed by atoms with van der Waals surface area (Å²) in [6, 6.07) is 11.8. The quantitative estimate of drug-likeness (QED) is 0.446. The summed E-state index contributed by atoms with van der Waals surface area (Å²) in [6.07, 6.45) is 1.76. The normalized spacial score (nSPS) is 15.0. The van der Waals surface area contributed by atoms with Crippen LogP contribution in [0.15, 0.2) is 47.4 Å². The predicted octanol–water partition coefficient (Wildman–Crippen LogP) is 3.12. The molecule has 30 heavy (non-hydrogen) atoms. The van der Waals surface area contributed by atoms with Gasteiger partial charge in [0, 0.05) is 35.8 Å². The molecule has 2 aromatic rings. The fourth-order valence-corrected chi connectivity index (χ4v) is 4.13. The van der Waals surface area contributed by atoms with E-state index in [1.807, 2.05) is 24.3 Å². The number of phenols is 1. The van der Waals surface area contributed by atoms with Crippen LogP contribution in [0.4, 0.5) is 5.69 Å². The van der Waals surface area contributed by atoms with Crippen molar-refractivity contribution in [1.82, 2.24) is 4.90 Å². The second kappa shape index (κ2) is 9.75. The van der Waals surface area contributed by atoms with Crippen molar-refractivity contribution in [2.75, 3.05) is 19.0 Å². The molecule has 9 heteroatoms. The van der Waals surface area contributed by atoms with Crippen LogP contribution in [0.25, 0.3) is 6.08 Å². The third-order valence-corrected chi connectivity index (χ3v) is 5.78. The van der Waals surface area contributed by atoms with Crippen LogP contribution in [0.3, 0.4) is 0 Å². The Kier molecular flexibility index (Phi) is 7.09. The maximum atomic E-state index is 12.7. The highest BCUT2D eigenvalue weighted by molar-refractivity contribution is 8.26. The second-order valence-corrected chi connectivity index (χ2v) is 8.05. The smallest absolute Gasteiger partial charge is 0.266 e. The number of rotatable bonds is 7. The van der Waals surface area contributed by atoms with E-state index in [1.54, 1.807) is 19.3 Å². The van der Waals surface area contributed by atoms with Gasteiger partial charge in [-0.1, -0.05) is 48.2 Å². The highest BCUT2D eigenvalue weighted by atomic mass is 32.2. The number of aliphatic hydroxyl groups excluding tert-OH is 1. The summed E-state index contributed by atoms with van der Waals surface area (Å²) in [7, 11) is 1.56. The van der Waals surface area contributed by atoms with Gasteiger partial charge in [0.25, 0.3) is 5.91 Å². The lowest BCUT2D eigenvalue weighted by atomic mass is 10.2. The van der Waals surface area contributed by atoms with Crippen LogP contribution in [0.1, 0.15) is 17.5 Å². The average Bonchev–Trinajstić information content (AvgIpc) is 2.99. The Labute approximate surface area is 183 Å². The van der Waals surface area contributed by atoms with E-state index in [1.165, 1.54) is 28.8 Å². The molecule has 1 aliphatic rings. The van der Waals surface area contributed by atoms with E-state index in [0.29, 0.717) is 26.2 Å². The van der Waals surface area contributed by atoms with Crippen molar-refractivity contribution in [3.8, 4) is 11.5 Å². The summed E-state index contributed by atoms with van der Waals surface area (Å²) in [5.74, 6) is -0.0334. The van der Waals surface area contributed by atoms with Gasteiger partial charge in [-0.3, -0.25) is 14.5 Å². The largest absolute Gasteiger partial charge is 0.508 e. The third kappa shape index (κ3) is 4.99. The molecule has 7 nitrogen and oxygen atoms in total. The number of hydrogen-bond acceptors (Lipinski definition) is 7. The molecule has 0 aromatic heterocycles. The number of methoxy groups -OCH3 is 1. The molecule has 0 unspecified atom stereocenters. The predicted molar refractivity (Wildman–Crippen MR) is 120 cm³/mol. The molecular weight excluding hydrogens is 424 g/mol. The summed E-state index contributed by atoms with van der Waals surface area (Å²) in [5, 5.41) is 21.5. The van der Waals surface area contributed by atoms with E-state index >= 15 is 0 Å². The van der Waals surface area contributed by atoms with Gasteiger partial charge < -0.3 is 20.3 Å². The first-order valence-corrected chi connectivity index (χ1v) is 10.3. The minimum absolute atomic E-state index is 0.0386. The molecule has 0 aliphatic carbocycles. The molecule has 1 saturated heterocycles. The topological polar surface area (TPSA) is 99.1 Å². The number of carbonyl (C=O) groups excluding carboxylic acids is 2. The molecule has 0 bridgehead atoms. The molecule has 1 fully saturated rings. The SMILES string of the molecule is COc1ccccc1/C=C1\SC(=S)N(CCC(=O)Nc2ccc(CO)c(O)c2)C1=O. The van der Waals surface area contributed by atoms with Gasteiger partial charge in [-0.25, -0.2) is 0 Å². The van der Waals surface area contributed by atoms with E-state index in [2.05, 4.69) is 5.32 Å². The van der Waals surface area contributed by atoms with Gasteiger partial charge >= 0.3 is 0 Å². The molecule has 2 amide bonds. The van der Waals surface area contributed by atoms with Crippen LogP contribution in [0.5, 0.6) is 11.5 Å². The molecule has 0 atom stereocenters. The third-order valence-electron chi connectivity index (χ3n) is 4.40. The molecular formula is C21H20N2O5S2. The van der Waals surface area contributed by atoms with Crippen molar-refractivity contribution in [2.45, 2.75) is 13.0 Å². The monoisotopic (exact) mass is 444 g/mol. The average molecular weight is 445 g/mol. The van der Waals surface area contributed by atoms with Gasteiger partial charge in [0.05, 0.1) is 18.6 Å². The van der Waals surface area contributed by atoms with Gasteiger partial charge in [0.2, 0.25) is 5.91 Å². The van der Waals surface area contributed by atoms with Crippen LogP contribution in [0.2, 0.25) is 0 Å². The maximum absolute atomic E-state index is 12.7. The first-order valence-electron chi connectivity index (χ1n) is 9.04. The zero-order valence-electron chi connectivity index (χ0n) is 16.1. The fraction of sp³-hybridized carbons (Fsp3) is 0.190. The van der Waals surface area contributed by atoms with Crippen LogP contribution in [-0.2, 0) is 16.2 Å². The number of nitrogens with one attached hydrogen (secondary N) is 1. The molecule has 3 rings (SSSR count). The highest BCUT2D eigenvalue weighted by Gasteiger charge is 2.32. The number of carbonyl (C=O) groups is 2. The number of thioether (sulfide) groups is 1. The molecule has 0 saturated carbocycles. The minimum Gasteiger partial charge on any atom is -0.508 e. The Balaban J connectivity index is 1.62. The molecule has 156 valence electrons. The van der Waals surface area contributed by atoms with Crippen molar-refractivity contribution >= 4 is 51.9 Å². The lowest BCUT2D eigenvalue weighted by molar-refractivity contribution is -0.122. The summed E-state index contributed by atoms with van der Waals surface area (Å²) in [5.41, 5.74) is 1.54. The second-order valence-electron chi connectivity index (χ2n) is 6.38. The van der Waals surface area contributed by atoms with Crippen molar-refractivity contribution < 1.29 is 24.5 Å². The van der Waals surface area contributed by atoms with Crippen molar-refractivity contribution in [3.05, 3.63) is 58.5 Å². The van der Waals surface area contributed by atoms with Crippen molar-refractivity contribution in [2.24, 2.45) is 0 Å². The zero-order valence-corrected chi connectivity index (χ0v) is 17.8. The maximum Gasteiger partial charge on any atom is 0.266 e. The number of para-hydroxylation sites is 1. The van der Waals surface area contributed by atoms with Gasteiger partial charge in [-0.05, 0) is 18.2 Å². The van der Waals surface area contributed by atoms with E-state index in [-0.39, 0.29) is 37.1 Å². The van der Waals surface area contributed by atoms with Crippen molar-refractivity contribution in [1.29, 1.82) is 0 Å². The zero-order chi connectivity index (χ0) is 21.7. The number of anilines is 1. The first kappa shape index (κ1) is 21.8. The number of ether oxygens (including phenoxy) is 1. The molecule has 2 aromatic carbocycles. The Hall–Kier alpha value is -2.88. The Morgan fingerprint density at radius 3 is 2.77 bits per heavy atom. The van der Waals surface area contributed by atoms with E-state index in [0.717, 1.165) is 5.56 Å². The molecule has 0 spiro atoms. The van der Waals surface area contributed by atoms with Crippen LogP contribution >= 0.6 is 24.0 Å². The lowest BCUT2D eigenvalue weighted by Gasteiger charge is -2.14.